The van der Waals surface area contributed by atoms with Gasteiger partial charge in [0.1, 0.15) is 11.8 Å². The Morgan fingerprint density at radius 1 is 1.23 bits per heavy atom. The molecule has 2 aromatic carbocycles. The van der Waals surface area contributed by atoms with Gasteiger partial charge in [-0.1, -0.05) is 40.2 Å². The first-order valence-corrected chi connectivity index (χ1v) is 11.5. The van der Waals surface area contributed by atoms with Gasteiger partial charge in [0.2, 0.25) is 5.91 Å². The van der Waals surface area contributed by atoms with E-state index < -0.39 is 17.9 Å². The summed E-state index contributed by atoms with van der Waals surface area (Å²) in [6, 6.07) is 12.1. The van der Waals surface area contributed by atoms with Gasteiger partial charge in [0.05, 0.1) is 12.2 Å². The molecule has 3 unspecified atom stereocenters. The summed E-state index contributed by atoms with van der Waals surface area (Å²) in [5.41, 5.74) is 13.7. The van der Waals surface area contributed by atoms with E-state index in [-0.39, 0.29) is 12.1 Å². The number of halogens is 1. The quantitative estimate of drug-likeness (QED) is 0.333. The van der Waals surface area contributed by atoms with E-state index in [2.05, 4.69) is 39.2 Å². The van der Waals surface area contributed by atoms with Gasteiger partial charge in [-0.3, -0.25) is 9.59 Å². The molecule has 6 N–H and O–H groups in total. The van der Waals surface area contributed by atoms with Crippen LogP contribution in [0.15, 0.2) is 46.9 Å². The van der Waals surface area contributed by atoms with Crippen molar-refractivity contribution in [2.24, 2.45) is 11.5 Å². The van der Waals surface area contributed by atoms with Gasteiger partial charge in [-0.25, -0.2) is 0 Å². The Morgan fingerprint density at radius 2 is 1.97 bits per heavy atom. The fraction of sp³-hybridized carbons (Fsp3) is 0.364. The van der Waals surface area contributed by atoms with Gasteiger partial charge in [-0.05, 0) is 23.8 Å². The molecule has 3 rings (SSSR count). The Kier molecular flexibility index (Phi) is 8.36. The number of nitrogens with two attached hydrogens (primary N) is 2. The lowest BCUT2D eigenvalue weighted by atomic mass is 9.96. The fourth-order valence-corrected chi connectivity index (χ4v) is 3.88. The molecule has 1 aliphatic rings. The molecule has 31 heavy (non-hydrogen) atoms. The van der Waals surface area contributed by atoms with Crippen LogP contribution in [-0.2, 0) is 11.2 Å². The summed E-state index contributed by atoms with van der Waals surface area (Å²) in [5.74, 6) is 0.112. The summed E-state index contributed by atoms with van der Waals surface area (Å²) in [5, 5.41) is 6.19. The van der Waals surface area contributed by atoms with Gasteiger partial charge >= 0.3 is 0 Å². The van der Waals surface area contributed by atoms with Crippen LogP contribution >= 0.6 is 28.6 Å². The van der Waals surface area contributed by atoms with Crippen molar-refractivity contribution in [2.45, 2.75) is 31.0 Å². The maximum Gasteiger partial charge on any atom is 0.255 e. The second kappa shape index (κ2) is 11.0. The number of hydrogen-bond donors (Lipinski definition) is 5. The van der Waals surface area contributed by atoms with Crippen LogP contribution in [0.2, 0.25) is 0 Å². The van der Waals surface area contributed by atoms with Gasteiger partial charge in [-0.2, -0.15) is 12.6 Å². The molecule has 0 saturated heterocycles. The third-order valence-corrected chi connectivity index (χ3v) is 6.18. The second-order valence-electron chi connectivity index (χ2n) is 7.52. The highest BCUT2D eigenvalue weighted by Crippen LogP contribution is 2.35. The summed E-state index contributed by atoms with van der Waals surface area (Å²) in [6.07, 6.45) is 1.07. The van der Waals surface area contributed by atoms with Gasteiger partial charge in [-0.15, -0.1) is 0 Å². The number of carbonyl (C=O) groups excluding carboxylic acids is 2. The van der Waals surface area contributed by atoms with Crippen molar-refractivity contribution in [1.29, 1.82) is 0 Å². The van der Waals surface area contributed by atoms with Crippen LogP contribution in [0.25, 0.3) is 0 Å². The number of thiol groups is 1. The SMILES string of the molecule is NC(=O)C(Cc1ccc(Br)cc1)NC(=O)c1cccc2c1OCCC2NCC(N)CS. The molecule has 0 saturated carbocycles. The Bertz CT molecular complexity index is 925. The third kappa shape index (κ3) is 6.22. The minimum absolute atomic E-state index is 0.0251. The molecule has 9 heteroatoms. The zero-order valence-corrected chi connectivity index (χ0v) is 19.5. The van der Waals surface area contributed by atoms with Crippen LogP contribution in [0, 0.1) is 0 Å². The third-order valence-electron chi connectivity index (χ3n) is 5.18. The first kappa shape index (κ1) is 23.6. The number of ether oxygens (including phenoxy) is 1. The van der Waals surface area contributed by atoms with Crippen molar-refractivity contribution < 1.29 is 14.3 Å². The van der Waals surface area contributed by atoms with Crippen molar-refractivity contribution in [1.82, 2.24) is 10.6 Å². The lowest BCUT2D eigenvalue weighted by molar-refractivity contribution is -0.119. The molecule has 1 aliphatic heterocycles. The summed E-state index contributed by atoms with van der Waals surface area (Å²) in [7, 11) is 0. The molecular weight excluding hydrogens is 480 g/mol. The number of carbonyl (C=O) groups is 2. The maximum absolute atomic E-state index is 13.0. The number of primary amides is 1. The van der Waals surface area contributed by atoms with Crippen molar-refractivity contribution >= 4 is 40.4 Å². The number of nitrogens with one attached hydrogen (secondary N) is 2. The van der Waals surface area contributed by atoms with Crippen LogP contribution < -0.4 is 26.8 Å². The highest BCUT2D eigenvalue weighted by Gasteiger charge is 2.28. The van der Waals surface area contributed by atoms with Crippen molar-refractivity contribution in [3.63, 3.8) is 0 Å². The number of rotatable bonds is 9. The number of amides is 2. The van der Waals surface area contributed by atoms with Crippen LogP contribution in [0.4, 0.5) is 0 Å². The summed E-state index contributed by atoms with van der Waals surface area (Å²) >= 11 is 7.60. The zero-order chi connectivity index (χ0) is 22.4. The predicted octanol–water partition coefficient (Wildman–Crippen LogP) is 1.95. The van der Waals surface area contributed by atoms with E-state index in [1.54, 1.807) is 6.07 Å². The van der Waals surface area contributed by atoms with E-state index in [0.717, 1.165) is 22.0 Å². The lowest BCUT2D eigenvalue weighted by Crippen LogP contribution is -2.46. The van der Waals surface area contributed by atoms with Crippen molar-refractivity contribution in [2.75, 3.05) is 18.9 Å². The zero-order valence-electron chi connectivity index (χ0n) is 17.0. The van der Waals surface area contributed by atoms with E-state index in [1.165, 1.54) is 0 Å². The number of hydrogen-bond acceptors (Lipinski definition) is 6. The Hall–Kier alpha value is -2.07. The van der Waals surface area contributed by atoms with E-state index in [9.17, 15) is 9.59 Å². The average molecular weight is 507 g/mol. The van der Waals surface area contributed by atoms with Crippen LogP contribution in [0.1, 0.15) is 33.9 Å². The Labute approximate surface area is 195 Å². The largest absolute Gasteiger partial charge is 0.492 e. The highest BCUT2D eigenvalue weighted by atomic mass is 79.9. The Balaban J connectivity index is 1.76. The molecule has 0 radical (unpaired) electrons. The lowest BCUT2D eigenvalue weighted by Gasteiger charge is -2.29. The standard InChI is InChI=1S/C22H27BrN4O3S/c23-14-6-4-13(5-7-14)10-19(21(25)28)27-22(29)17-3-1-2-16-18(8-9-30-20(16)17)26-11-15(24)12-31/h1-7,15,18-19,26,31H,8-12,24H2,(H2,25,28)(H,27,29). The van der Waals surface area contributed by atoms with E-state index >= 15 is 0 Å². The molecule has 3 atom stereocenters. The van der Waals surface area contributed by atoms with Gasteiger partial charge in [0, 0.05) is 47.3 Å². The van der Waals surface area contributed by atoms with Crippen LogP contribution in [0.5, 0.6) is 5.75 Å². The molecule has 0 aromatic heterocycles. The molecular formula is C22H27BrN4O3S. The molecule has 0 spiro atoms. The van der Waals surface area contributed by atoms with E-state index in [1.807, 2.05) is 36.4 Å². The van der Waals surface area contributed by atoms with Gasteiger partial charge < -0.3 is 26.8 Å². The molecule has 1 heterocycles. The molecule has 0 fully saturated rings. The second-order valence-corrected chi connectivity index (χ2v) is 8.80. The minimum Gasteiger partial charge on any atom is -0.492 e. The van der Waals surface area contributed by atoms with Crippen LogP contribution in [-0.4, -0.2) is 42.8 Å². The number of benzene rings is 2. The maximum atomic E-state index is 13.0. The van der Waals surface area contributed by atoms with Crippen LogP contribution in [0.3, 0.4) is 0 Å². The molecule has 2 amide bonds. The molecule has 7 nitrogen and oxygen atoms in total. The molecule has 2 aromatic rings. The average Bonchev–Trinajstić information content (AvgIpc) is 2.77. The first-order chi connectivity index (χ1) is 14.9. The smallest absolute Gasteiger partial charge is 0.255 e. The normalized spacial score (nSPS) is 17.2. The summed E-state index contributed by atoms with van der Waals surface area (Å²) in [4.78, 5) is 25.0. The molecule has 0 bridgehead atoms. The summed E-state index contributed by atoms with van der Waals surface area (Å²) < 4.78 is 6.78. The molecule has 166 valence electrons. The van der Waals surface area contributed by atoms with Gasteiger partial charge in [0.15, 0.2) is 0 Å². The fourth-order valence-electron chi connectivity index (χ4n) is 3.49. The predicted molar refractivity (Wildman–Crippen MR) is 127 cm³/mol. The summed E-state index contributed by atoms with van der Waals surface area (Å²) in [6.45, 7) is 1.09. The first-order valence-electron chi connectivity index (χ1n) is 10.1. The Morgan fingerprint density at radius 3 is 2.65 bits per heavy atom. The van der Waals surface area contributed by atoms with E-state index in [0.29, 0.717) is 36.6 Å². The van der Waals surface area contributed by atoms with Gasteiger partial charge in [0.25, 0.3) is 5.91 Å². The van der Waals surface area contributed by atoms with E-state index in [4.69, 9.17) is 16.2 Å². The number of para-hydroxylation sites is 1. The monoisotopic (exact) mass is 506 g/mol. The minimum atomic E-state index is -0.838. The topological polar surface area (TPSA) is 119 Å². The highest BCUT2D eigenvalue weighted by molar-refractivity contribution is 9.10. The van der Waals surface area contributed by atoms with Crippen molar-refractivity contribution in [3.8, 4) is 5.75 Å². The number of fused-ring (bicyclic) bond motifs is 1. The van der Waals surface area contributed by atoms with Crippen molar-refractivity contribution in [3.05, 3.63) is 63.6 Å². The molecule has 0 aliphatic carbocycles.